The van der Waals surface area contributed by atoms with Crippen LogP contribution in [0.25, 0.3) is 6.08 Å². The number of nitrogens with two attached hydrogens (primary N) is 1. The minimum absolute atomic E-state index is 0.0166. The van der Waals surface area contributed by atoms with Crippen molar-refractivity contribution in [1.82, 2.24) is 5.32 Å². The Labute approximate surface area is 98.3 Å². The first-order valence-corrected chi connectivity index (χ1v) is 5.10. The second kappa shape index (κ2) is 5.95. The van der Waals surface area contributed by atoms with Gasteiger partial charge in [0.2, 0.25) is 0 Å². The number of hydrogen-bond donors (Lipinski definition) is 2. The van der Waals surface area contributed by atoms with Crippen LogP contribution in [0.3, 0.4) is 0 Å². The summed E-state index contributed by atoms with van der Waals surface area (Å²) < 4.78 is 13.1. The topological polar surface area (TPSA) is 81.2 Å². The molecule has 0 spiro atoms. The normalized spacial score (nSPS) is 10.9. The molecule has 0 fully saturated rings. The number of anilines is 1. The molecule has 0 radical (unpaired) electrons. The molecular weight excluding hydrogens is 225 g/mol. The van der Waals surface area contributed by atoms with Gasteiger partial charge in [0.15, 0.2) is 0 Å². The van der Waals surface area contributed by atoms with E-state index in [-0.39, 0.29) is 5.69 Å². The summed E-state index contributed by atoms with van der Waals surface area (Å²) in [7, 11) is 1.81. The fraction of sp³-hybridized carbons (Fsp3) is 0.273. The van der Waals surface area contributed by atoms with E-state index in [1.54, 1.807) is 12.2 Å². The van der Waals surface area contributed by atoms with Crippen molar-refractivity contribution < 1.29 is 9.31 Å². The van der Waals surface area contributed by atoms with Crippen molar-refractivity contribution >= 4 is 17.5 Å². The summed E-state index contributed by atoms with van der Waals surface area (Å²) in [4.78, 5) is 9.94. The van der Waals surface area contributed by atoms with Crippen molar-refractivity contribution in [3.63, 3.8) is 0 Å². The zero-order chi connectivity index (χ0) is 12.8. The SMILES string of the molecule is CNCCC=Cc1cc(F)cc([N+](=O)[O-])c1N. The van der Waals surface area contributed by atoms with E-state index in [0.29, 0.717) is 5.56 Å². The van der Waals surface area contributed by atoms with Crippen molar-refractivity contribution in [2.75, 3.05) is 19.3 Å². The average molecular weight is 239 g/mol. The molecule has 5 nitrogen and oxygen atoms in total. The molecule has 6 heteroatoms. The number of rotatable bonds is 5. The van der Waals surface area contributed by atoms with Gasteiger partial charge < -0.3 is 11.1 Å². The number of nitro groups is 1. The van der Waals surface area contributed by atoms with Gasteiger partial charge in [-0.05, 0) is 26.1 Å². The highest BCUT2D eigenvalue weighted by Gasteiger charge is 2.15. The molecule has 0 unspecified atom stereocenters. The minimum atomic E-state index is -0.691. The summed E-state index contributed by atoms with van der Waals surface area (Å²) in [5.41, 5.74) is 5.50. The van der Waals surface area contributed by atoms with E-state index in [1.165, 1.54) is 6.07 Å². The van der Waals surface area contributed by atoms with E-state index < -0.39 is 16.4 Å². The van der Waals surface area contributed by atoms with E-state index >= 15 is 0 Å². The van der Waals surface area contributed by atoms with Crippen molar-refractivity contribution in [3.05, 3.63) is 39.7 Å². The van der Waals surface area contributed by atoms with Gasteiger partial charge in [-0.2, -0.15) is 0 Å². The molecule has 92 valence electrons. The van der Waals surface area contributed by atoms with Gasteiger partial charge in [-0.15, -0.1) is 0 Å². The largest absolute Gasteiger partial charge is 0.393 e. The van der Waals surface area contributed by atoms with Crippen LogP contribution in [0.5, 0.6) is 0 Å². The number of halogens is 1. The lowest BCUT2D eigenvalue weighted by molar-refractivity contribution is -0.384. The molecule has 0 aromatic heterocycles. The number of benzene rings is 1. The second-order valence-corrected chi connectivity index (χ2v) is 3.48. The van der Waals surface area contributed by atoms with Crippen molar-refractivity contribution in [3.8, 4) is 0 Å². The third-order valence-electron chi connectivity index (χ3n) is 2.21. The number of nitrogen functional groups attached to an aromatic ring is 1. The first-order valence-electron chi connectivity index (χ1n) is 5.10. The van der Waals surface area contributed by atoms with Crippen LogP contribution in [0.2, 0.25) is 0 Å². The number of nitrogens with zero attached hydrogens (tertiary/aromatic N) is 1. The fourth-order valence-corrected chi connectivity index (χ4v) is 1.35. The van der Waals surface area contributed by atoms with E-state index in [9.17, 15) is 14.5 Å². The van der Waals surface area contributed by atoms with Crippen molar-refractivity contribution in [2.45, 2.75) is 6.42 Å². The van der Waals surface area contributed by atoms with Gasteiger partial charge in [-0.3, -0.25) is 10.1 Å². The Kier molecular flexibility index (Phi) is 4.59. The van der Waals surface area contributed by atoms with Crippen molar-refractivity contribution in [2.24, 2.45) is 0 Å². The molecule has 0 saturated carbocycles. The Hall–Kier alpha value is -1.95. The lowest BCUT2D eigenvalue weighted by atomic mass is 10.1. The molecule has 0 heterocycles. The van der Waals surface area contributed by atoms with Crippen LogP contribution in [-0.4, -0.2) is 18.5 Å². The summed E-state index contributed by atoms with van der Waals surface area (Å²) in [6.45, 7) is 0.772. The number of nitrogens with one attached hydrogen (secondary N) is 1. The lowest BCUT2D eigenvalue weighted by Gasteiger charge is -2.02. The summed E-state index contributed by atoms with van der Waals surface area (Å²) >= 11 is 0. The Morgan fingerprint density at radius 2 is 2.29 bits per heavy atom. The monoisotopic (exact) mass is 239 g/mol. The van der Waals surface area contributed by atoms with Gasteiger partial charge in [0.25, 0.3) is 5.69 Å². The lowest BCUT2D eigenvalue weighted by Crippen LogP contribution is -2.05. The van der Waals surface area contributed by atoms with Crippen LogP contribution in [0.1, 0.15) is 12.0 Å². The molecular formula is C11H14FN3O2. The minimum Gasteiger partial charge on any atom is -0.393 e. The van der Waals surface area contributed by atoms with E-state index in [4.69, 9.17) is 5.73 Å². The quantitative estimate of drug-likeness (QED) is 0.356. The summed E-state index contributed by atoms with van der Waals surface area (Å²) in [5, 5.41) is 13.6. The van der Waals surface area contributed by atoms with Crippen LogP contribution < -0.4 is 11.1 Å². The highest BCUT2D eigenvalue weighted by atomic mass is 19.1. The Morgan fingerprint density at radius 3 is 2.88 bits per heavy atom. The zero-order valence-electron chi connectivity index (χ0n) is 9.44. The molecule has 1 rings (SSSR count). The first kappa shape index (κ1) is 13.1. The van der Waals surface area contributed by atoms with Gasteiger partial charge >= 0.3 is 0 Å². The van der Waals surface area contributed by atoms with Crippen molar-refractivity contribution in [1.29, 1.82) is 0 Å². The van der Waals surface area contributed by atoms with Crippen LogP contribution in [0.15, 0.2) is 18.2 Å². The van der Waals surface area contributed by atoms with Crippen LogP contribution in [0.4, 0.5) is 15.8 Å². The molecule has 0 saturated heterocycles. The third-order valence-corrected chi connectivity index (χ3v) is 2.21. The Bertz CT molecular complexity index is 447. The second-order valence-electron chi connectivity index (χ2n) is 3.48. The average Bonchev–Trinajstić information content (AvgIpc) is 2.28. The van der Waals surface area contributed by atoms with Gasteiger partial charge in [0.05, 0.1) is 11.0 Å². The molecule has 0 amide bonds. The Balaban J connectivity index is 2.99. The molecule has 0 aliphatic heterocycles. The van der Waals surface area contributed by atoms with Crippen LogP contribution in [-0.2, 0) is 0 Å². The van der Waals surface area contributed by atoms with E-state index in [2.05, 4.69) is 5.32 Å². The van der Waals surface area contributed by atoms with Gasteiger partial charge in [-0.1, -0.05) is 12.2 Å². The predicted octanol–water partition coefficient (Wildman–Crippen LogP) is 1.94. The molecule has 1 aromatic rings. The first-order chi connectivity index (χ1) is 8.06. The molecule has 0 aliphatic carbocycles. The maximum atomic E-state index is 13.1. The van der Waals surface area contributed by atoms with Gasteiger partial charge in [-0.25, -0.2) is 4.39 Å². The Morgan fingerprint density at radius 1 is 1.59 bits per heavy atom. The number of nitro benzene ring substituents is 1. The summed E-state index contributed by atoms with van der Waals surface area (Å²) in [6, 6.07) is 2.00. The molecule has 0 bridgehead atoms. The molecule has 0 atom stereocenters. The zero-order valence-corrected chi connectivity index (χ0v) is 9.44. The molecule has 0 aliphatic rings. The van der Waals surface area contributed by atoms with Gasteiger partial charge in [0, 0.05) is 5.56 Å². The summed E-state index contributed by atoms with van der Waals surface area (Å²) in [5.74, 6) is -0.667. The smallest absolute Gasteiger partial charge is 0.295 e. The highest BCUT2D eigenvalue weighted by molar-refractivity contribution is 5.73. The standard InChI is InChI=1S/C11H14FN3O2/c1-14-5-3-2-4-8-6-9(12)7-10(11(8)13)15(16)17/h2,4,6-7,14H,3,5,13H2,1H3. The molecule has 17 heavy (non-hydrogen) atoms. The maximum Gasteiger partial charge on any atom is 0.295 e. The van der Waals surface area contributed by atoms with Crippen LogP contribution in [0, 0.1) is 15.9 Å². The van der Waals surface area contributed by atoms with E-state index in [0.717, 1.165) is 19.0 Å². The van der Waals surface area contributed by atoms with Gasteiger partial charge in [0.1, 0.15) is 11.5 Å². The molecule has 3 N–H and O–H groups in total. The van der Waals surface area contributed by atoms with Crippen LogP contribution >= 0.6 is 0 Å². The fourth-order valence-electron chi connectivity index (χ4n) is 1.35. The number of hydrogen-bond acceptors (Lipinski definition) is 4. The van der Waals surface area contributed by atoms with E-state index in [1.807, 2.05) is 7.05 Å². The molecule has 1 aromatic carbocycles. The third kappa shape index (κ3) is 3.53. The highest BCUT2D eigenvalue weighted by Crippen LogP contribution is 2.27. The maximum absolute atomic E-state index is 13.1. The predicted molar refractivity (Wildman–Crippen MR) is 65.0 cm³/mol. The summed E-state index contributed by atoms with van der Waals surface area (Å²) in [6.07, 6.45) is 4.11.